The molecule has 4 nitrogen and oxygen atoms in total. The van der Waals surface area contributed by atoms with Crippen LogP contribution in [0.25, 0.3) is 10.9 Å². The van der Waals surface area contributed by atoms with Crippen molar-refractivity contribution in [3.8, 4) is 0 Å². The summed E-state index contributed by atoms with van der Waals surface area (Å²) < 4.78 is 13.0. The van der Waals surface area contributed by atoms with E-state index in [0.29, 0.717) is 23.8 Å². The SMILES string of the molecule is O=C(c1cc2cc(Cl)ccc2[nH]1)N1CCN(c2ccc(F)cc2)CC1. The molecule has 1 saturated heterocycles. The number of hydrogen-bond donors (Lipinski definition) is 1. The number of amides is 1. The lowest BCUT2D eigenvalue weighted by Crippen LogP contribution is -2.48. The number of aromatic nitrogens is 1. The van der Waals surface area contributed by atoms with E-state index in [1.54, 1.807) is 18.2 Å². The first-order valence-electron chi connectivity index (χ1n) is 8.18. The fourth-order valence-corrected chi connectivity index (χ4v) is 3.39. The molecule has 1 amide bonds. The van der Waals surface area contributed by atoms with E-state index in [0.717, 1.165) is 29.7 Å². The van der Waals surface area contributed by atoms with Crippen molar-refractivity contribution in [2.24, 2.45) is 0 Å². The van der Waals surface area contributed by atoms with Gasteiger partial charge in [-0.25, -0.2) is 4.39 Å². The van der Waals surface area contributed by atoms with Crippen LogP contribution in [0.1, 0.15) is 10.5 Å². The van der Waals surface area contributed by atoms with Crippen molar-refractivity contribution in [2.75, 3.05) is 31.1 Å². The van der Waals surface area contributed by atoms with E-state index in [1.807, 2.05) is 23.1 Å². The number of carbonyl (C=O) groups excluding carboxylic acids is 1. The predicted molar refractivity (Wildman–Crippen MR) is 97.8 cm³/mol. The molecule has 3 aromatic rings. The number of aromatic amines is 1. The average Bonchev–Trinajstić information content (AvgIpc) is 3.05. The Hall–Kier alpha value is -2.53. The van der Waals surface area contributed by atoms with Gasteiger partial charge in [-0.3, -0.25) is 4.79 Å². The van der Waals surface area contributed by atoms with Crippen LogP contribution in [0.2, 0.25) is 5.02 Å². The molecule has 1 aromatic heterocycles. The second-order valence-corrected chi connectivity index (χ2v) is 6.61. The minimum absolute atomic E-state index is 0.00826. The van der Waals surface area contributed by atoms with Gasteiger partial charge in [0.15, 0.2) is 0 Å². The number of fused-ring (bicyclic) bond motifs is 1. The summed E-state index contributed by atoms with van der Waals surface area (Å²) in [6.45, 7) is 2.71. The first kappa shape index (κ1) is 16.0. The molecule has 1 fully saturated rings. The maximum Gasteiger partial charge on any atom is 0.270 e. The summed E-state index contributed by atoms with van der Waals surface area (Å²) in [6.07, 6.45) is 0. The Morgan fingerprint density at radius 2 is 1.72 bits per heavy atom. The van der Waals surface area contributed by atoms with Crippen molar-refractivity contribution in [3.05, 3.63) is 65.1 Å². The number of benzene rings is 2. The van der Waals surface area contributed by atoms with Crippen LogP contribution in [-0.2, 0) is 0 Å². The molecule has 128 valence electrons. The third kappa shape index (κ3) is 3.20. The van der Waals surface area contributed by atoms with Gasteiger partial charge in [0.05, 0.1) is 0 Å². The van der Waals surface area contributed by atoms with Gasteiger partial charge in [-0.2, -0.15) is 0 Å². The summed E-state index contributed by atoms with van der Waals surface area (Å²) >= 11 is 6.00. The molecular formula is C19H17ClFN3O. The molecule has 2 aromatic carbocycles. The molecule has 2 heterocycles. The molecule has 1 aliphatic rings. The monoisotopic (exact) mass is 357 g/mol. The van der Waals surface area contributed by atoms with Crippen LogP contribution < -0.4 is 4.90 Å². The van der Waals surface area contributed by atoms with Gasteiger partial charge in [0.2, 0.25) is 0 Å². The Kier molecular flexibility index (Phi) is 4.09. The number of anilines is 1. The molecule has 0 saturated carbocycles. The van der Waals surface area contributed by atoms with Crippen molar-refractivity contribution < 1.29 is 9.18 Å². The highest BCUT2D eigenvalue weighted by atomic mass is 35.5. The van der Waals surface area contributed by atoms with E-state index in [4.69, 9.17) is 11.6 Å². The normalized spacial score (nSPS) is 15.0. The molecule has 0 atom stereocenters. The second kappa shape index (κ2) is 6.41. The first-order chi connectivity index (χ1) is 12.1. The fraction of sp³-hybridized carbons (Fsp3) is 0.211. The molecule has 1 aliphatic heterocycles. The minimum Gasteiger partial charge on any atom is -0.368 e. The fourth-order valence-electron chi connectivity index (χ4n) is 3.21. The Balaban J connectivity index is 1.46. The molecule has 4 rings (SSSR count). The van der Waals surface area contributed by atoms with Crippen LogP contribution in [0.3, 0.4) is 0 Å². The van der Waals surface area contributed by atoms with Gasteiger partial charge in [-0.05, 0) is 48.5 Å². The maximum absolute atomic E-state index is 13.0. The topological polar surface area (TPSA) is 39.3 Å². The van der Waals surface area contributed by atoms with E-state index < -0.39 is 0 Å². The molecular weight excluding hydrogens is 341 g/mol. The van der Waals surface area contributed by atoms with Gasteiger partial charge in [0.1, 0.15) is 11.5 Å². The highest BCUT2D eigenvalue weighted by Gasteiger charge is 2.23. The molecule has 6 heteroatoms. The van der Waals surface area contributed by atoms with Crippen molar-refractivity contribution in [1.82, 2.24) is 9.88 Å². The quantitative estimate of drug-likeness (QED) is 0.755. The van der Waals surface area contributed by atoms with Gasteiger partial charge in [-0.15, -0.1) is 0 Å². The molecule has 0 aliphatic carbocycles. The van der Waals surface area contributed by atoms with Crippen LogP contribution in [0.4, 0.5) is 10.1 Å². The zero-order valence-electron chi connectivity index (χ0n) is 13.5. The molecule has 1 N–H and O–H groups in total. The lowest BCUT2D eigenvalue weighted by atomic mass is 10.2. The zero-order valence-corrected chi connectivity index (χ0v) is 14.3. The Bertz CT molecular complexity index is 914. The lowest BCUT2D eigenvalue weighted by molar-refractivity contribution is 0.0742. The van der Waals surface area contributed by atoms with Crippen LogP contribution in [-0.4, -0.2) is 42.0 Å². The van der Waals surface area contributed by atoms with E-state index in [-0.39, 0.29) is 11.7 Å². The van der Waals surface area contributed by atoms with Crippen LogP contribution in [0.15, 0.2) is 48.5 Å². The number of carbonyl (C=O) groups is 1. The Morgan fingerprint density at radius 3 is 2.44 bits per heavy atom. The van der Waals surface area contributed by atoms with Crippen molar-refractivity contribution in [1.29, 1.82) is 0 Å². The molecule has 0 unspecified atom stereocenters. The third-order valence-electron chi connectivity index (χ3n) is 4.57. The van der Waals surface area contributed by atoms with Gasteiger partial charge >= 0.3 is 0 Å². The molecule has 0 spiro atoms. The van der Waals surface area contributed by atoms with Gasteiger partial charge in [0, 0.05) is 47.8 Å². The Labute approximate surface area is 149 Å². The minimum atomic E-state index is -0.239. The summed E-state index contributed by atoms with van der Waals surface area (Å²) in [4.78, 5) is 19.9. The third-order valence-corrected chi connectivity index (χ3v) is 4.81. The van der Waals surface area contributed by atoms with Gasteiger partial charge in [-0.1, -0.05) is 11.6 Å². The summed E-state index contributed by atoms with van der Waals surface area (Å²) in [5.41, 5.74) is 2.46. The zero-order chi connectivity index (χ0) is 17.4. The number of nitrogens with zero attached hydrogens (tertiary/aromatic N) is 2. The molecule has 0 radical (unpaired) electrons. The van der Waals surface area contributed by atoms with E-state index in [2.05, 4.69) is 9.88 Å². The van der Waals surface area contributed by atoms with Gasteiger partial charge in [0.25, 0.3) is 5.91 Å². The summed E-state index contributed by atoms with van der Waals surface area (Å²) in [5, 5.41) is 1.58. The van der Waals surface area contributed by atoms with Crippen LogP contribution in [0, 0.1) is 5.82 Å². The largest absolute Gasteiger partial charge is 0.368 e. The molecule has 25 heavy (non-hydrogen) atoms. The van der Waals surface area contributed by atoms with E-state index in [9.17, 15) is 9.18 Å². The lowest BCUT2D eigenvalue weighted by Gasteiger charge is -2.36. The standard InChI is InChI=1S/C19H17ClFN3O/c20-14-1-6-17-13(11-14)12-18(22-17)19(25)24-9-7-23(8-10-24)16-4-2-15(21)3-5-16/h1-6,11-12,22H,7-10H2. The summed E-state index contributed by atoms with van der Waals surface area (Å²) in [5.74, 6) is -0.248. The van der Waals surface area contributed by atoms with E-state index >= 15 is 0 Å². The average molecular weight is 358 g/mol. The smallest absolute Gasteiger partial charge is 0.270 e. The highest BCUT2D eigenvalue weighted by molar-refractivity contribution is 6.31. The number of rotatable bonds is 2. The van der Waals surface area contributed by atoms with Gasteiger partial charge < -0.3 is 14.8 Å². The number of H-pyrrole nitrogens is 1. The Morgan fingerprint density at radius 1 is 1.00 bits per heavy atom. The van der Waals surface area contributed by atoms with Crippen molar-refractivity contribution >= 4 is 34.1 Å². The number of piperazine rings is 1. The maximum atomic E-state index is 13.0. The van der Waals surface area contributed by atoms with Crippen molar-refractivity contribution in [2.45, 2.75) is 0 Å². The second-order valence-electron chi connectivity index (χ2n) is 6.17. The summed E-state index contributed by atoms with van der Waals surface area (Å²) in [7, 11) is 0. The van der Waals surface area contributed by atoms with Crippen LogP contribution in [0.5, 0.6) is 0 Å². The molecule has 0 bridgehead atoms. The predicted octanol–water partition coefficient (Wildman–Crippen LogP) is 3.92. The number of halogens is 2. The van der Waals surface area contributed by atoms with Crippen LogP contribution >= 0.6 is 11.6 Å². The highest BCUT2D eigenvalue weighted by Crippen LogP contribution is 2.22. The summed E-state index contributed by atoms with van der Waals surface area (Å²) in [6, 6.07) is 13.8. The van der Waals surface area contributed by atoms with E-state index in [1.165, 1.54) is 12.1 Å². The number of hydrogen-bond acceptors (Lipinski definition) is 2. The first-order valence-corrected chi connectivity index (χ1v) is 8.56. The van der Waals surface area contributed by atoms with Crippen molar-refractivity contribution in [3.63, 3.8) is 0 Å². The number of nitrogens with one attached hydrogen (secondary N) is 1.